The highest BCUT2D eigenvalue weighted by Crippen LogP contribution is 1.82. The highest BCUT2D eigenvalue weighted by atomic mass is 32.1. The van der Waals surface area contributed by atoms with Crippen LogP contribution in [0.2, 0.25) is 0 Å². The number of nitrogens with one attached hydrogen (secondary N) is 1. The Balaban J connectivity index is 3.99. The molecule has 0 aliphatic heterocycles. The molecule has 0 amide bonds. The number of carbonyl (C=O) groups is 1. The maximum absolute atomic E-state index is 10.9. The van der Waals surface area contributed by atoms with Crippen LogP contribution < -0.4 is 11.2 Å². The second-order valence-corrected chi connectivity index (χ2v) is 2.33. The lowest BCUT2D eigenvalue weighted by Gasteiger charge is -2.00. The second kappa shape index (κ2) is 5.48. The fourth-order valence-corrected chi connectivity index (χ4v) is 0.466. The van der Waals surface area contributed by atoms with E-state index in [4.69, 9.17) is 5.73 Å². The van der Waals surface area contributed by atoms with Gasteiger partial charge in [-0.2, -0.15) is 5.10 Å². The molecule has 0 heterocycles. The van der Waals surface area contributed by atoms with Crippen molar-refractivity contribution in [2.24, 2.45) is 10.8 Å². The number of hydrogen-bond donors (Lipinski definition) is 2. The van der Waals surface area contributed by atoms with Crippen LogP contribution in [0.5, 0.6) is 0 Å². The number of nitrogens with two attached hydrogens (primary N) is 1. The fraction of sp³-hybridized carbons (Fsp3) is 0.500. The summed E-state index contributed by atoms with van der Waals surface area (Å²) in [4.78, 5) is 10.9. The molecule has 0 aromatic heterocycles. The zero-order valence-electron chi connectivity index (χ0n) is 6.96. The third-order valence-corrected chi connectivity index (χ3v) is 0.996. The molecule has 0 radical (unpaired) electrons. The summed E-state index contributed by atoms with van der Waals surface area (Å²) in [5.41, 5.74) is 7.54. The van der Waals surface area contributed by atoms with E-state index in [0.29, 0.717) is 6.61 Å². The van der Waals surface area contributed by atoms with Crippen molar-refractivity contribution < 1.29 is 9.53 Å². The Morgan fingerprint density at radius 3 is 2.75 bits per heavy atom. The minimum Gasteiger partial charge on any atom is -0.461 e. The molecule has 12 heavy (non-hydrogen) atoms. The van der Waals surface area contributed by atoms with Crippen molar-refractivity contribution in [1.82, 2.24) is 5.43 Å². The number of rotatable bonds is 3. The summed E-state index contributed by atoms with van der Waals surface area (Å²) in [5, 5.41) is 3.58. The number of esters is 1. The fourth-order valence-electron chi connectivity index (χ4n) is 0.420. The monoisotopic (exact) mass is 189 g/mol. The zero-order valence-corrected chi connectivity index (χ0v) is 7.77. The highest BCUT2D eigenvalue weighted by molar-refractivity contribution is 7.80. The summed E-state index contributed by atoms with van der Waals surface area (Å²) in [6.07, 6.45) is 0. The number of hydrazone groups is 1. The van der Waals surface area contributed by atoms with E-state index in [2.05, 4.69) is 27.5 Å². The Hall–Kier alpha value is -1.17. The average molecular weight is 189 g/mol. The lowest BCUT2D eigenvalue weighted by Crippen LogP contribution is -2.27. The van der Waals surface area contributed by atoms with E-state index in [1.165, 1.54) is 6.92 Å². The first-order valence-electron chi connectivity index (χ1n) is 3.34. The molecule has 0 saturated heterocycles. The number of thiocarbonyl (C=S) groups is 1. The first-order valence-corrected chi connectivity index (χ1v) is 3.75. The Bertz CT molecular complexity index is 215. The summed E-state index contributed by atoms with van der Waals surface area (Å²) >= 11 is 4.47. The second-order valence-electron chi connectivity index (χ2n) is 1.89. The van der Waals surface area contributed by atoms with Crippen molar-refractivity contribution >= 4 is 29.0 Å². The van der Waals surface area contributed by atoms with Crippen molar-refractivity contribution in [2.45, 2.75) is 13.8 Å². The molecule has 5 nitrogen and oxygen atoms in total. The molecule has 0 atom stereocenters. The molecule has 68 valence electrons. The number of hydrogen-bond acceptors (Lipinski definition) is 4. The van der Waals surface area contributed by atoms with E-state index < -0.39 is 5.97 Å². The van der Waals surface area contributed by atoms with Crippen LogP contribution in [-0.2, 0) is 9.53 Å². The summed E-state index contributed by atoms with van der Waals surface area (Å²) in [5.74, 6) is -0.485. The Kier molecular flexibility index (Phi) is 4.94. The van der Waals surface area contributed by atoms with E-state index in [-0.39, 0.29) is 10.8 Å². The van der Waals surface area contributed by atoms with Crippen molar-refractivity contribution in [3.05, 3.63) is 0 Å². The van der Waals surface area contributed by atoms with Gasteiger partial charge in [-0.1, -0.05) is 0 Å². The van der Waals surface area contributed by atoms with Crippen LogP contribution in [0.25, 0.3) is 0 Å². The molecule has 0 aliphatic carbocycles. The summed E-state index contributed by atoms with van der Waals surface area (Å²) < 4.78 is 4.64. The van der Waals surface area contributed by atoms with Gasteiger partial charge in [0.05, 0.1) is 6.61 Å². The number of nitrogens with zero attached hydrogens (tertiary/aromatic N) is 1. The average Bonchev–Trinajstić information content (AvgIpc) is 2.00. The third-order valence-electron chi connectivity index (χ3n) is 0.905. The molecule has 0 aliphatic rings. The Morgan fingerprint density at radius 2 is 2.33 bits per heavy atom. The maximum atomic E-state index is 10.9. The van der Waals surface area contributed by atoms with Gasteiger partial charge in [0.1, 0.15) is 5.71 Å². The van der Waals surface area contributed by atoms with Crippen LogP contribution in [0, 0.1) is 0 Å². The van der Waals surface area contributed by atoms with Gasteiger partial charge < -0.3 is 10.5 Å². The Morgan fingerprint density at radius 1 is 1.75 bits per heavy atom. The van der Waals surface area contributed by atoms with Crippen LogP contribution in [0.3, 0.4) is 0 Å². The lowest BCUT2D eigenvalue weighted by atomic mass is 10.4. The molecule has 0 aromatic carbocycles. The van der Waals surface area contributed by atoms with Gasteiger partial charge in [0.25, 0.3) is 0 Å². The van der Waals surface area contributed by atoms with E-state index >= 15 is 0 Å². The summed E-state index contributed by atoms with van der Waals surface area (Å²) in [6.45, 7) is 3.54. The van der Waals surface area contributed by atoms with E-state index in [1.807, 2.05) is 0 Å². The molecular weight excluding hydrogens is 178 g/mol. The predicted octanol–water partition coefficient (Wildman–Crippen LogP) is -0.241. The van der Waals surface area contributed by atoms with Gasteiger partial charge in [0.2, 0.25) is 0 Å². The molecule has 0 bridgehead atoms. The zero-order chi connectivity index (χ0) is 9.56. The molecule has 6 heteroatoms. The van der Waals surface area contributed by atoms with Gasteiger partial charge in [-0.3, -0.25) is 5.43 Å². The molecule has 0 fully saturated rings. The topological polar surface area (TPSA) is 76.7 Å². The lowest BCUT2D eigenvalue weighted by molar-refractivity contribution is -0.135. The van der Waals surface area contributed by atoms with Gasteiger partial charge in [0, 0.05) is 0 Å². The third kappa shape index (κ3) is 4.62. The minimum atomic E-state index is -0.485. The molecule has 0 rings (SSSR count). The molecule has 0 spiro atoms. The van der Waals surface area contributed by atoms with Crippen molar-refractivity contribution in [2.75, 3.05) is 6.61 Å². The van der Waals surface area contributed by atoms with Gasteiger partial charge in [-0.05, 0) is 26.1 Å². The van der Waals surface area contributed by atoms with Gasteiger partial charge in [-0.25, -0.2) is 4.79 Å². The van der Waals surface area contributed by atoms with Gasteiger partial charge >= 0.3 is 5.97 Å². The maximum Gasteiger partial charge on any atom is 0.354 e. The summed E-state index contributed by atoms with van der Waals surface area (Å²) in [6, 6.07) is 0. The number of carbonyl (C=O) groups excluding carboxylic acids is 1. The minimum absolute atomic E-state index is 0.0126. The summed E-state index contributed by atoms with van der Waals surface area (Å²) in [7, 11) is 0. The highest BCUT2D eigenvalue weighted by Gasteiger charge is 2.05. The van der Waals surface area contributed by atoms with Crippen LogP contribution in [-0.4, -0.2) is 23.4 Å². The smallest absolute Gasteiger partial charge is 0.354 e. The SMILES string of the molecule is CCOC(=O)/C(C)=N/NC(N)=S. The predicted molar refractivity (Wildman–Crippen MR) is 49.7 cm³/mol. The van der Waals surface area contributed by atoms with Crippen LogP contribution >= 0.6 is 12.2 Å². The molecule has 3 N–H and O–H groups in total. The normalized spacial score (nSPS) is 10.7. The first-order chi connectivity index (χ1) is 5.57. The standard InChI is InChI=1S/C6H11N3O2S/c1-3-11-5(10)4(2)8-9-6(7)12/h3H2,1-2H3,(H3,7,9,12)/b8-4+. The van der Waals surface area contributed by atoms with E-state index in [9.17, 15) is 4.79 Å². The molecule has 0 aromatic rings. The van der Waals surface area contributed by atoms with Crippen LogP contribution in [0.4, 0.5) is 0 Å². The first kappa shape index (κ1) is 10.8. The quantitative estimate of drug-likeness (QED) is 0.277. The molecule has 0 unspecified atom stereocenters. The van der Waals surface area contributed by atoms with Crippen molar-refractivity contribution in [3.8, 4) is 0 Å². The molecule has 0 saturated carbocycles. The number of ether oxygens (including phenoxy) is 1. The van der Waals surface area contributed by atoms with Crippen molar-refractivity contribution in [1.29, 1.82) is 0 Å². The Labute approximate surface area is 76.0 Å². The van der Waals surface area contributed by atoms with E-state index in [1.54, 1.807) is 6.92 Å². The van der Waals surface area contributed by atoms with Crippen LogP contribution in [0.1, 0.15) is 13.8 Å². The largest absolute Gasteiger partial charge is 0.461 e. The van der Waals surface area contributed by atoms with Crippen molar-refractivity contribution in [3.63, 3.8) is 0 Å². The van der Waals surface area contributed by atoms with Crippen LogP contribution in [0.15, 0.2) is 5.10 Å². The van der Waals surface area contributed by atoms with Gasteiger partial charge in [0.15, 0.2) is 5.11 Å². The van der Waals surface area contributed by atoms with Gasteiger partial charge in [-0.15, -0.1) is 0 Å². The molecular formula is C6H11N3O2S. The van der Waals surface area contributed by atoms with E-state index in [0.717, 1.165) is 0 Å².